The maximum absolute atomic E-state index is 13.3. The first-order chi connectivity index (χ1) is 9.39. The first-order valence-electron chi connectivity index (χ1n) is 7.49. The topological polar surface area (TPSA) is 28.2 Å². The molecule has 1 aromatic heterocycles. The SMILES string of the molecule is CC1(C2CC2)CN(Cc2cncc(F)c2)C(C)(C)CN1. The van der Waals surface area contributed by atoms with E-state index in [2.05, 4.69) is 36.0 Å². The molecule has 0 bridgehead atoms. The molecular weight excluding hydrogens is 253 g/mol. The molecule has 2 fully saturated rings. The Morgan fingerprint density at radius 3 is 2.75 bits per heavy atom. The molecule has 1 saturated heterocycles. The van der Waals surface area contributed by atoms with Gasteiger partial charge in [-0.25, -0.2) is 4.39 Å². The summed E-state index contributed by atoms with van der Waals surface area (Å²) in [6, 6.07) is 1.60. The molecule has 3 rings (SSSR count). The second-order valence-electron chi connectivity index (χ2n) is 7.23. The van der Waals surface area contributed by atoms with E-state index in [1.54, 1.807) is 12.3 Å². The monoisotopic (exact) mass is 277 g/mol. The van der Waals surface area contributed by atoms with Gasteiger partial charge in [0.25, 0.3) is 0 Å². The van der Waals surface area contributed by atoms with Crippen LogP contribution < -0.4 is 5.32 Å². The molecule has 0 amide bonds. The van der Waals surface area contributed by atoms with E-state index in [0.717, 1.165) is 31.1 Å². The number of halogens is 1. The van der Waals surface area contributed by atoms with Crippen LogP contribution >= 0.6 is 0 Å². The van der Waals surface area contributed by atoms with Gasteiger partial charge in [-0.15, -0.1) is 0 Å². The van der Waals surface area contributed by atoms with Crippen LogP contribution in [0.3, 0.4) is 0 Å². The molecule has 4 heteroatoms. The third kappa shape index (κ3) is 2.72. The van der Waals surface area contributed by atoms with Crippen LogP contribution in [0.25, 0.3) is 0 Å². The standard InChI is InChI=1S/C16H24FN3/c1-15(2)10-19-16(3,13-4-5-13)11-20(15)9-12-6-14(17)8-18-7-12/h6-8,13,19H,4-5,9-11H2,1-3H3. The molecule has 110 valence electrons. The zero-order chi connectivity index (χ0) is 14.4. The van der Waals surface area contributed by atoms with Crippen molar-refractivity contribution < 1.29 is 4.39 Å². The second-order valence-corrected chi connectivity index (χ2v) is 7.23. The summed E-state index contributed by atoms with van der Waals surface area (Å²) >= 11 is 0. The molecule has 0 aromatic carbocycles. The van der Waals surface area contributed by atoms with Crippen molar-refractivity contribution in [2.45, 2.75) is 51.2 Å². The van der Waals surface area contributed by atoms with Gasteiger partial charge in [0.1, 0.15) is 5.82 Å². The summed E-state index contributed by atoms with van der Waals surface area (Å²) in [6.45, 7) is 9.58. The Balaban J connectivity index is 1.77. The van der Waals surface area contributed by atoms with Crippen molar-refractivity contribution >= 4 is 0 Å². The Morgan fingerprint density at radius 2 is 2.10 bits per heavy atom. The highest BCUT2D eigenvalue weighted by Gasteiger charge is 2.47. The maximum atomic E-state index is 13.3. The number of piperazine rings is 1. The quantitative estimate of drug-likeness (QED) is 0.920. The molecule has 1 saturated carbocycles. The van der Waals surface area contributed by atoms with Crippen molar-refractivity contribution in [1.29, 1.82) is 0 Å². The fourth-order valence-electron chi connectivity index (χ4n) is 3.22. The molecule has 1 aromatic rings. The van der Waals surface area contributed by atoms with Crippen molar-refractivity contribution in [1.82, 2.24) is 15.2 Å². The highest BCUT2D eigenvalue weighted by Crippen LogP contribution is 2.42. The first kappa shape index (κ1) is 14.0. The third-order valence-electron chi connectivity index (χ3n) is 4.91. The minimum atomic E-state index is -0.250. The van der Waals surface area contributed by atoms with Gasteiger partial charge in [-0.05, 0) is 51.2 Å². The summed E-state index contributed by atoms with van der Waals surface area (Å²) in [5, 5.41) is 3.74. The predicted molar refractivity (Wildman–Crippen MR) is 77.8 cm³/mol. The number of nitrogens with zero attached hydrogens (tertiary/aromatic N) is 2. The van der Waals surface area contributed by atoms with Crippen LogP contribution in [-0.4, -0.2) is 34.1 Å². The number of aromatic nitrogens is 1. The number of hydrogen-bond acceptors (Lipinski definition) is 3. The summed E-state index contributed by atoms with van der Waals surface area (Å²) in [5.74, 6) is 0.548. The lowest BCUT2D eigenvalue weighted by molar-refractivity contribution is 0.0177. The molecule has 1 atom stereocenters. The molecular formula is C16H24FN3. The maximum Gasteiger partial charge on any atom is 0.141 e. The zero-order valence-corrected chi connectivity index (χ0v) is 12.6. The van der Waals surface area contributed by atoms with Crippen LogP contribution in [0.5, 0.6) is 0 Å². The van der Waals surface area contributed by atoms with Crippen LogP contribution in [0.4, 0.5) is 4.39 Å². The molecule has 1 unspecified atom stereocenters. The van der Waals surface area contributed by atoms with Crippen LogP contribution in [0.1, 0.15) is 39.2 Å². The average Bonchev–Trinajstić information content (AvgIpc) is 3.19. The van der Waals surface area contributed by atoms with Gasteiger partial charge in [-0.1, -0.05) is 0 Å². The summed E-state index contributed by atoms with van der Waals surface area (Å²) in [4.78, 5) is 6.43. The lowest BCUT2D eigenvalue weighted by Gasteiger charge is -2.51. The Hall–Kier alpha value is -1.00. The molecule has 1 N–H and O–H groups in total. The van der Waals surface area contributed by atoms with E-state index >= 15 is 0 Å². The van der Waals surface area contributed by atoms with Crippen molar-refractivity contribution in [3.8, 4) is 0 Å². The number of pyridine rings is 1. The third-order valence-corrected chi connectivity index (χ3v) is 4.91. The molecule has 1 aliphatic carbocycles. The average molecular weight is 277 g/mol. The van der Waals surface area contributed by atoms with Gasteiger partial charge in [-0.3, -0.25) is 9.88 Å². The summed E-state index contributed by atoms with van der Waals surface area (Å²) in [6.07, 6.45) is 5.70. The predicted octanol–water partition coefficient (Wildman–Crippen LogP) is 2.57. The Morgan fingerprint density at radius 1 is 1.35 bits per heavy atom. The fraction of sp³-hybridized carbons (Fsp3) is 0.688. The lowest BCUT2D eigenvalue weighted by atomic mass is 9.86. The van der Waals surface area contributed by atoms with Gasteiger partial charge in [-0.2, -0.15) is 0 Å². The molecule has 2 heterocycles. The molecule has 0 radical (unpaired) electrons. The largest absolute Gasteiger partial charge is 0.308 e. The summed E-state index contributed by atoms with van der Waals surface area (Å²) < 4.78 is 13.3. The van der Waals surface area contributed by atoms with Crippen molar-refractivity contribution in [3.63, 3.8) is 0 Å². The Bertz CT molecular complexity index is 498. The van der Waals surface area contributed by atoms with Gasteiger partial charge in [0.2, 0.25) is 0 Å². The van der Waals surface area contributed by atoms with Crippen molar-refractivity contribution in [3.05, 3.63) is 29.8 Å². The fourth-order valence-corrected chi connectivity index (χ4v) is 3.22. The van der Waals surface area contributed by atoms with Gasteiger partial charge >= 0.3 is 0 Å². The van der Waals surface area contributed by atoms with Crippen LogP contribution in [0.2, 0.25) is 0 Å². The molecule has 20 heavy (non-hydrogen) atoms. The normalized spacial score (nSPS) is 30.4. The van der Waals surface area contributed by atoms with E-state index in [0.29, 0.717) is 0 Å². The van der Waals surface area contributed by atoms with Gasteiger partial charge in [0, 0.05) is 36.9 Å². The Kier molecular flexibility index (Phi) is 3.33. The van der Waals surface area contributed by atoms with Crippen molar-refractivity contribution in [2.75, 3.05) is 13.1 Å². The van der Waals surface area contributed by atoms with Crippen LogP contribution in [-0.2, 0) is 6.54 Å². The summed E-state index contributed by atoms with van der Waals surface area (Å²) in [7, 11) is 0. The highest BCUT2D eigenvalue weighted by atomic mass is 19.1. The number of hydrogen-bond donors (Lipinski definition) is 1. The van der Waals surface area contributed by atoms with Gasteiger partial charge in [0.15, 0.2) is 0 Å². The minimum Gasteiger partial charge on any atom is -0.308 e. The number of nitrogens with one attached hydrogen (secondary N) is 1. The van der Waals surface area contributed by atoms with E-state index in [9.17, 15) is 4.39 Å². The van der Waals surface area contributed by atoms with Gasteiger partial charge in [0.05, 0.1) is 6.20 Å². The molecule has 3 nitrogen and oxygen atoms in total. The molecule has 1 aliphatic heterocycles. The first-order valence-corrected chi connectivity index (χ1v) is 7.49. The Labute approximate surface area is 120 Å². The molecule has 2 aliphatic rings. The van der Waals surface area contributed by atoms with Crippen molar-refractivity contribution in [2.24, 2.45) is 5.92 Å². The van der Waals surface area contributed by atoms with E-state index in [4.69, 9.17) is 0 Å². The van der Waals surface area contributed by atoms with Crippen LogP contribution in [0.15, 0.2) is 18.5 Å². The summed E-state index contributed by atoms with van der Waals surface area (Å²) in [5.41, 5.74) is 1.25. The second kappa shape index (κ2) is 4.78. The molecule has 0 spiro atoms. The highest BCUT2D eigenvalue weighted by molar-refractivity contribution is 5.13. The van der Waals surface area contributed by atoms with E-state index in [1.807, 2.05) is 0 Å². The van der Waals surface area contributed by atoms with E-state index in [1.165, 1.54) is 19.0 Å². The van der Waals surface area contributed by atoms with E-state index < -0.39 is 0 Å². The van der Waals surface area contributed by atoms with Crippen LogP contribution in [0, 0.1) is 11.7 Å². The number of rotatable bonds is 3. The van der Waals surface area contributed by atoms with Gasteiger partial charge < -0.3 is 5.32 Å². The lowest BCUT2D eigenvalue weighted by Crippen LogP contribution is -2.67. The zero-order valence-electron chi connectivity index (χ0n) is 12.6. The minimum absolute atomic E-state index is 0.0840. The van der Waals surface area contributed by atoms with E-state index in [-0.39, 0.29) is 16.9 Å². The smallest absolute Gasteiger partial charge is 0.141 e.